The number of fused-ring (bicyclic) bond motifs is 1. The average molecular weight is 476 g/mol. The van der Waals surface area contributed by atoms with E-state index in [1.807, 2.05) is 48.5 Å². The molecule has 0 aliphatic carbocycles. The molecule has 3 aromatic rings. The van der Waals surface area contributed by atoms with Crippen LogP contribution in [0.25, 0.3) is 10.8 Å². The first-order chi connectivity index (χ1) is 14.0. The molecular weight excluding hydrogens is 456 g/mol. The maximum absolute atomic E-state index is 12.7. The summed E-state index contributed by atoms with van der Waals surface area (Å²) in [5.74, 6) is 1.25. The molecular formula is C22H20BrClN2O3. The van der Waals surface area contributed by atoms with Crippen molar-refractivity contribution in [3.8, 4) is 11.5 Å². The molecule has 0 N–H and O–H groups in total. The van der Waals surface area contributed by atoms with Gasteiger partial charge in [0, 0.05) is 42.3 Å². The monoisotopic (exact) mass is 474 g/mol. The molecule has 0 atom stereocenters. The quantitative estimate of drug-likeness (QED) is 0.495. The van der Waals surface area contributed by atoms with E-state index in [4.69, 9.17) is 21.1 Å². The molecule has 0 radical (unpaired) electrons. The number of piperazine rings is 1. The zero-order valence-corrected chi connectivity index (χ0v) is 18.2. The van der Waals surface area contributed by atoms with Crippen molar-refractivity contribution < 1.29 is 14.3 Å². The summed E-state index contributed by atoms with van der Waals surface area (Å²) in [7, 11) is 1.63. The zero-order chi connectivity index (χ0) is 20.4. The zero-order valence-electron chi connectivity index (χ0n) is 15.9. The molecule has 29 heavy (non-hydrogen) atoms. The van der Waals surface area contributed by atoms with E-state index in [0.29, 0.717) is 18.8 Å². The molecule has 1 heterocycles. The summed E-state index contributed by atoms with van der Waals surface area (Å²) in [5, 5.41) is 2.69. The van der Waals surface area contributed by atoms with Crippen molar-refractivity contribution in [3.05, 3.63) is 64.1 Å². The number of hydrogen-bond acceptors (Lipinski definition) is 4. The number of carbonyl (C=O) groups excluding carboxylic acids is 1. The van der Waals surface area contributed by atoms with E-state index in [1.165, 1.54) is 0 Å². The Hall–Kier alpha value is -2.44. The van der Waals surface area contributed by atoms with Crippen LogP contribution in [0.2, 0.25) is 5.02 Å². The van der Waals surface area contributed by atoms with E-state index in [2.05, 4.69) is 20.8 Å². The molecule has 1 aliphatic heterocycles. The van der Waals surface area contributed by atoms with Gasteiger partial charge in [0.15, 0.2) is 0 Å². The number of amides is 1. The minimum absolute atomic E-state index is 0.344. The van der Waals surface area contributed by atoms with Crippen LogP contribution in [-0.2, 0) is 0 Å². The molecule has 3 aromatic carbocycles. The molecule has 7 heteroatoms. The van der Waals surface area contributed by atoms with E-state index in [-0.39, 0.29) is 6.09 Å². The van der Waals surface area contributed by atoms with Gasteiger partial charge < -0.3 is 19.3 Å². The molecule has 1 saturated heterocycles. The van der Waals surface area contributed by atoms with Crippen molar-refractivity contribution in [3.63, 3.8) is 0 Å². The Morgan fingerprint density at radius 2 is 1.69 bits per heavy atom. The van der Waals surface area contributed by atoms with E-state index in [1.54, 1.807) is 18.1 Å². The summed E-state index contributed by atoms with van der Waals surface area (Å²) in [5.41, 5.74) is 1.11. The lowest BCUT2D eigenvalue weighted by molar-refractivity contribution is 0.149. The molecule has 0 unspecified atom stereocenters. The third-order valence-electron chi connectivity index (χ3n) is 5.05. The van der Waals surface area contributed by atoms with E-state index in [9.17, 15) is 4.79 Å². The standard InChI is InChI=1S/C22H20BrClN2O3/c1-28-18-8-2-15-3-9-20(21(23)19(15)14-18)29-22(27)26-12-10-25(11-13-26)17-6-4-16(24)5-7-17/h2-9,14H,10-13H2,1H3. The lowest BCUT2D eigenvalue weighted by Gasteiger charge is -2.35. The Morgan fingerprint density at radius 1 is 1.00 bits per heavy atom. The molecule has 5 nitrogen and oxygen atoms in total. The summed E-state index contributed by atoms with van der Waals surface area (Å²) in [6, 6.07) is 17.3. The SMILES string of the molecule is COc1ccc2ccc(OC(=O)N3CCN(c4ccc(Cl)cc4)CC3)c(Br)c2c1. The molecule has 1 fully saturated rings. The summed E-state index contributed by atoms with van der Waals surface area (Å²) >= 11 is 9.53. The number of anilines is 1. The second-order valence-corrected chi connectivity index (χ2v) is 8.01. The molecule has 150 valence electrons. The molecule has 0 saturated carbocycles. The second-order valence-electron chi connectivity index (χ2n) is 6.78. The first kappa shape index (κ1) is 19.9. The van der Waals surface area contributed by atoms with Crippen molar-refractivity contribution in [1.82, 2.24) is 4.90 Å². The summed E-state index contributed by atoms with van der Waals surface area (Å²) < 4.78 is 11.7. The van der Waals surface area contributed by atoms with Crippen LogP contribution in [-0.4, -0.2) is 44.3 Å². The minimum atomic E-state index is -0.344. The van der Waals surface area contributed by atoms with Gasteiger partial charge in [0.2, 0.25) is 0 Å². The Morgan fingerprint density at radius 3 is 2.38 bits per heavy atom. The molecule has 1 aliphatic rings. The third-order valence-corrected chi connectivity index (χ3v) is 6.12. The smallest absolute Gasteiger partial charge is 0.415 e. The van der Waals surface area contributed by atoms with E-state index in [0.717, 1.165) is 44.8 Å². The van der Waals surface area contributed by atoms with Gasteiger partial charge in [-0.05, 0) is 63.8 Å². The summed E-state index contributed by atoms with van der Waals surface area (Å²) in [6.45, 7) is 2.68. The fourth-order valence-electron chi connectivity index (χ4n) is 3.41. The fourth-order valence-corrected chi connectivity index (χ4v) is 4.09. The third kappa shape index (κ3) is 4.28. The van der Waals surface area contributed by atoms with Crippen LogP contribution in [0.1, 0.15) is 0 Å². The van der Waals surface area contributed by atoms with Crippen LogP contribution >= 0.6 is 27.5 Å². The van der Waals surface area contributed by atoms with Crippen LogP contribution < -0.4 is 14.4 Å². The predicted octanol–water partition coefficient (Wildman–Crippen LogP) is 5.59. The number of nitrogens with zero attached hydrogens (tertiary/aromatic N) is 2. The molecule has 0 aromatic heterocycles. The largest absolute Gasteiger partial charge is 0.497 e. The Labute approximate surface area is 182 Å². The van der Waals surface area contributed by atoms with Gasteiger partial charge in [-0.25, -0.2) is 4.79 Å². The number of ether oxygens (including phenoxy) is 2. The van der Waals surface area contributed by atoms with Gasteiger partial charge in [0.05, 0.1) is 11.6 Å². The van der Waals surface area contributed by atoms with Crippen molar-refractivity contribution in [2.24, 2.45) is 0 Å². The summed E-state index contributed by atoms with van der Waals surface area (Å²) in [6.07, 6.45) is -0.344. The van der Waals surface area contributed by atoms with Crippen LogP contribution in [0.3, 0.4) is 0 Å². The highest BCUT2D eigenvalue weighted by Crippen LogP contribution is 2.35. The van der Waals surface area contributed by atoms with Crippen molar-refractivity contribution in [2.75, 3.05) is 38.2 Å². The van der Waals surface area contributed by atoms with Crippen LogP contribution in [0.15, 0.2) is 59.1 Å². The number of hydrogen-bond donors (Lipinski definition) is 0. The summed E-state index contributed by atoms with van der Waals surface area (Å²) in [4.78, 5) is 16.7. The van der Waals surface area contributed by atoms with E-state index >= 15 is 0 Å². The van der Waals surface area contributed by atoms with Crippen molar-refractivity contribution in [1.29, 1.82) is 0 Å². The van der Waals surface area contributed by atoms with Crippen LogP contribution in [0.4, 0.5) is 10.5 Å². The Balaban J connectivity index is 1.43. The predicted molar refractivity (Wildman–Crippen MR) is 119 cm³/mol. The molecule has 0 bridgehead atoms. The highest BCUT2D eigenvalue weighted by Gasteiger charge is 2.23. The Kier molecular flexibility index (Phi) is 5.83. The number of benzene rings is 3. The number of halogens is 2. The average Bonchev–Trinajstić information content (AvgIpc) is 2.76. The van der Waals surface area contributed by atoms with Gasteiger partial charge in [-0.3, -0.25) is 0 Å². The minimum Gasteiger partial charge on any atom is -0.497 e. The first-order valence-electron chi connectivity index (χ1n) is 9.28. The maximum atomic E-state index is 12.7. The molecule has 0 spiro atoms. The molecule has 4 rings (SSSR count). The van der Waals surface area contributed by atoms with Crippen molar-refractivity contribution >= 4 is 50.1 Å². The van der Waals surface area contributed by atoms with Gasteiger partial charge in [-0.15, -0.1) is 0 Å². The fraction of sp³-hybridized carbons (Fsp3) is 0.227. The lowest BCUT2D eigenvalue weighted by atomic mass is 10.1. The van der Waals surface area contributed by atoms with Crippen LogP contribution in [0, 0.1) is 0 Å². The topological polar surface area (TPSA) is 42.0 Å². The number of carbonyl (C=O) groups is 1. The van der Waals surface area contributed by atoms with Gasteiger partial charge in [-0.2, -0.15) is 0 Å². The number of methoxy groups -OCH3 is 1. The first-order valence-corrected chi connectivity index (χ1v) is 10.5. The molecule has 1 amide bonds. The highest BCUT2D eigenvalue weighted by molar-refractivity contribution is 9.10. The normalized spacial score (nSPS) is 14.2. The van der Waals surface area contributed by atoms with Gasteiger partial charge >= 0.3 is 6.09 Å². The Bertz CT molecular complexity index is 1030. The van der Waals surface area contributed by atoms with E-state index < -0.39 is 0 Å². The number of rotatable bonds is 3. The van der Waals surface area contributed by atoms with Crippen molar-refractivity contribution in [2.45, 2.75) is 0 Å². The van der Waals surface area contributed by atoms with Gasteiger partial charge in [0.1, 0.15) is 11.5 Å². The highest BCUT2D eigenvalue weighted by atomic mass is 79.9. The maximum Gasteiger partial charge on any atom is 0.415 e. The second kappa shape index (κ2) is 8.51. The lowest BCUT2D eigenvalue weighted by Crippen LogP contribution is -2.49. The van der Waals surface area contributed by atoms with Gasteiger partial charge in [0.25, 0.3) is 0 Å². The van der Waals surface area contributed by atoms with Gasteiger partial charge in [-0.1, -0.05) is 23.7 Å². The van der Waals surface area contributed by atoms with Crippen LogP contribution in [0.5, 0.6) is 11.5 Å².